The summed E-state index contributed by atoms with van der Waals surface area (Å²) in [5, 5.41) is 0. The molecule has 0 bridgehead atoms. The van der Waals surface area contributed by atoms with Gasteiger partial charge in [-0.1, -0.05) is 24.3 Å². The predicted molar refractivity (Wildman–Crippen MR) is 65.1 cm³/mol. The molecule has 0 saturated carbocycles. The first-order chi connectivity index (χ1) is 7.02. The van der Waals surface area contributed by atoms with Crippen molar-refractivity contribution < 1.29 is 9.47 Å². The Morgan fingerprint density at radius 3 is 2.27 bits per heavy atom. The van der Waals surface area contributed by atoms with E-state index in [2.05, 4.69) is 20.1 Å². The van der Waals surface area contributed by atoms with Crippen LogP contribution in [0.5, 0.6) is 0 Å². The van der Waals surface area contributed by atoms with Crippen LogP contribution in [0.1, 0.15) is 33.6 Å². The Kier molecular flexibility index (Phi) is 8.34. The van der Waals surface area contributed by atoms with E-state index in [9.17, 15) is 0 Å². The quantitative estimate of drug-likeness (QED) is 0.431. The third kappa shape index (κ3) is 11.3. The zero-order valence-electron chi connectivity index (χ0n) is 10.3. The van der Waals surface area contributed by atoms with E-state index in [-0.39, 0.29) is 6.10 Å². The highest BCUT2D eigenvalue weighted by molar-refractivity contribution is 4.88. The van der Waals surface area contributed by atoms with Gasteiger partial charge in [0.1, 0.15) is 0 Å². The highest BCUT2D eigenvalue weighted by Gasteiger charge is 2.01. The number of ether oxygens (including phenoxy) is 2. The fraction of sp³-hybridized carbons (Fsp3) is 0.692. The summed E-state index contributed by atoms with van der Waals surface area (Å²) in [6.45, 7) is 15.7. The summed E-state index contributed by atoms with van der Waals surface area (Å²) >= 11 is 0. The molecule has 0 fully saturated rings. The SMILES string of the molecule is C=C(C)COCCCC(C)OCC(=C)C. The Balaban J connectivity index is 3.27. The number of hydrogen-bond donors (Lipinski definition) is 0. The van der Waals surface area contributed by atoms with Crippen molar-refractivity contribution in [2.45, 2.75) is 39.7 Å². The lowest BCUT2D eigenvalue weighted by Crippen LogP contribution is -2.11. The lowest BCUT2D eigenvalue weighted by molar-refractivity contribution is 0.0651. The third-order valence-corrected chi connectivity index (χ3v) is 1.86. The minimum Gasteiger partial charge on any atom is -0.377 e. The molecule has 1 atom stereocenters. The summed E-state index contributed by atoms with van der Waals surface area (Å²) in [6, 6.07) is 0. The van der Waals surface area contributed by atoms with Crippen LogP contribution >= 0.6 is 0 Å². The largest absolute Gasteiger partial charge is 0.377 e. The van der Waals surface area contributed by atoms with Crippen molar-refractivity contribution >= 4 is 0 Å². The van der Waals surface area contributed by atoms with Crippen molar-refractivity contribution in [1.82, 2.24) is 0 Å². The van der Waals surface area contributed by atoms with E-state index in [0.717, 1.165) is 30.6 Å². The van der Waals surface area contributed by atoms with Crippen LogP contribution < -0.4 is 0 Å². The summed E-state index contributed by atoms with van der Waals surface area (Å²) < 4.78 is 11.0. The van der Waals surface area contributed by atoms with Crippen LogP contribution in [-0.4, -0.2) is 25.9 Å². The zero-order chi connectivity index (χ0) is 11.7. The van der Waals surface area contributed by atoms with E-state index >= 15 is 0 Å². The predicted octanol–water partition coefficient (Wildman–Crippen LogP) is 3.34. The van der Waals surface area contributed by atoms with E-state index in [1.807, 2.05) is 13.8 Å². The Morgan fingerprint density at radius 1 is 1.13 bits per heavy atom. The van der Waals surface area contributed by atoms with Gasteiger partial charge in [-0.3, -0.25) is 0 Å². The maximum atomic E-state index is 5.56. The Morgan fingerprint density at radius 2 is 1.73 bits per heavy atom. The summed E-state index contributed by atoms with van der Waals surface area (Å²) in [4.78, 5) is 0. The smallest absolute Gasteiger partial charge is 0.0675 e. The van der Waals surface area contributed by atoms with Gasteiger partial charge in [-0.2, -0.15) is 0 Å². The monoisotopic (exact) mass is 212 g/mol. The average molecular weight is 212 g/mol. The summed E-state index contributed by atoms with van der Waals surface area (Å²) in [6.07, 6.45) is 2.35. The average Bonchev–Trinajstić information content (AvgIpc) is 2.13. The first-order valence-corrected chi connectivity index (χ1v) is 5.50. The number of hydrogen-bond acceptors (Lipinski definition) is 2. The molecule has 0 aliphatic rings. The van der Waals surface area contributed by atoms with Gasteiger partial charge in [-0.25, -0.2) is 0 Å². The molecule has 0 heterocycles. The zero-order valence-corrected chi connectivity index (χ0v) is 10.3. The molecule has 0 radical (unpaired) electrons. The molecular formula is C13H24O2. The molecule has 2 nitrogen and oxygen atoms in total. The van der Waals surface area contributed by atoms with Gasteiger partial charge in [0.15, 0.2) is 0 Å². The van der Waals surface area contributed by atoms with E-state index in [4.69, 9.17) is 9.47 Å². The second kappa shape index (κ2) is 8.69. The summed E-state index contributed by atoms with van der Waals surface area (Å²) in [5.74, 6) is 0. The van der Waals surface area contributed by atoms with Crippen LogP contribution in [0, 0.1) is 0 Å². The van der Waals surface area contributed by atoms with Gasteiger partial charge in [0, 0.05) is 6.61 Å². The maximum absolute atomic E-state index is 5.56. The van der Waals surface area contributed by atoms with E-state index in [1.54, 1.807) is 0 Å². The highest BCUT2D eigenvalue weighted by Crippen LogP contribution is 2.04. The van der Waals surface area contributed by atoms with Crippen LogP contribution in [0.3, 0.4) is 0 Å². The second-order valence-corrected chi connectivity index (χ2v) is 4.23. The molecular weight excluding hydrogens is 188 g/mol. The van der Waals surface area contributed by atoms with Crippen molar-refractivity contribution in [1.29, 1.82) is 0 Å². The first-order valence-electron chi connectivity index (χ1n) is 5.50. The maximum Gasteiger partial charge on any atom is 0.0675 e. The summed E-state index contributed by atoms with van der Waals surface area (Å²) in [5.41, 5.74) is 2.14. The third-order valence-electron chi connectivity index (χ3n) is 1.86. The van der Waals surface area contributed by atoms with Gasteiger partial charge >= 0.3 is 0 Å². The lowest BCUT2D eigenvalue weighted by Gasteiger charge is -2.12. The fourth-order valence-electron chi connectivity index (χ4n) is 1.09. The van der Waals surface area contributed by atoms with Gasteiger partial charge in [0.05, 0.1) is 19.3 Å². The van der Waals surface area contributed by atoms with Gasteiger partial charge < -0.3 is 9.47 Å². The second-order valence-electron chi connectivity index (χ2n) is 4.23. The minimum atomic E-state index is 0.287. The van der Waals surface area contributed by atoms with Crippen molar-refractivity contribution in [3.63, 3.8) is 0 Å². The molecule has 1 unspecified atom stereocenters. The molecule has 0 aromatic carbocycles. The van der Waals surface area contributed by atoms with Crippen LogP contribution in [0.25, 0.3) is 0 Å². The van der Waals surface area contributed by atoms with E-state index in [1.165, 1.54) is 0 Å². The molecule has 0 amide bonds. The fourth-order valence-corrected chi connectivity index (χ4v) is 1.09. The first kappa shape index (κ1) is 14.4. The van der Waals surface area contributed by atoms with Crippen molar-refractivity contribution in [3.05, 3.63) is 24.3 Å². The highest BCUT2D eigenvalue weighted by atomic mass is 16.5. The van der Waals surface area contributed by atoms with Crippen LogP contribution in [0.15, 0.2) is 24.3 Å². The van der Waals surface area contributed by atoms with Gasteiger partial charge in [0.2, 0.25) is 0 Å². The van der Waals surface area contributed by atoms with Crippen molar-refractivity contribution in [3.8, 4) is 0 Å². The molecule has 2 heteroatoms. The molecule has 15 heavy (non-hydrogen) atoms. The van der Waals surface area contributed by atoms with Gasteiger partial charge in [-0.15, -0.1) is 0 Å². The molecule has 0 aliphatic carbocycles. The molecule has 0 saturated heterocycles. The summed E-state index contributed by atoms with van der Waals surface area (Å²) in [7, 11) is 0. The van der Waals surface area contributed by atoms with Crippen LogP contribution in [0.4, 0.5) is 0 Å². The molecule has 0 aromatic rings. The molecule has 88 valence electrons. The minimum absolute atomic E-state index is 0.287. The van der Waals surface area contributed by atoms with Crippen molar-refractivity contribution in [2.75, 3.05) is 19.8 Å². The van der Waals surface area contributed by atoms with E-state index in [0.29, 0.717) is 13.2 Å². The lowest BCUT2D eigenvalue weighted by atomic mass is 10.2. The Labute approximate surface area is 94.0 Å². The van der Waals surface area contributed by atoms with Gasteiger partial charge in [-0.05, 0) is 33.6 Å². The molecule has 0 spiro atoms. The van der Waals surface area contributed by atoms with Crippen molar-refractivity contribution in [2.24, 2.45) is 0 Å². The normalized spacial score (nSPS) is 12.5. The molecule has 0 N–H and O–H groups in total. The molecule has 0 rings (SSSR count). The standard InChI is InChI=1S/C13H24O2/c1-11(2)9-14-8-6-7-13(5)15-10-12(3)4/h13H,1,3,6-10H2,2,4-5H3. The Hall–Kier alpha value is -0.600. The Bertz CT molecular complexity index is 197. The molecule has 0 aromatic heterocycles. The topological polar surface area (TPSA) is 18.5 Å². The van der Waals surface area contributed by atoms with Crippen LogP contribution in [-0.2, 0) is 9.47 Å². The van der Waals surface area contributed by atoms with E-state index < -0.39 is 0 Å². The van der Waals surface area contributed by atoms with Crippen LogP contribution in [0.2, 0.25) is 0 Å². The number of rotatable bonds is 9. The molecule has 0 aliphatic heterocycles. The van der Waals surface area contributed by atoms with Gasteiger partial charge in [0.25, 0.3) is 0 Å².